The molecule has 14 heteroatoms. The average molecular weight is 546 g/mol. The van der Waals surface area contributed by atoms with Crippen LogP contribution in [0.4, 0.5) is 21.8 Å². The zero-order chi connectivity index (χ0) is 26.2. The number of hydrogen-bond acceptors (Lipinski definition) is 10. The fourth-order valence-electron chi connectivity index (χ4n) is 3.70. The maximum atomic E-state index is 15.7. The molecule has 1 aromatic carbocycles. The fraction of sp³-hybridized carbons (Fsp3) is 0.217. The number of anilines is 3. The second kappa shape index (κ2) is 9.92. The lowest BCUT2D eigenvalue weighted by Crippen LogP contribution is -2.40. The van der Waals surface area contributed by atoms with Crippen molar-refractivity contribution >= 4 is 50.1 Å². The van der Waals surface area contributed by atoms with Crippen molar-refractivity contribution in [2.45, 2.75) is 10.9 Å². The number of halogens is 2. The molecule has 0 unspecified atom stereocenters. The molecule has 0 amide bonds. The van der Waals surface area contributed by atoms with Gasteiger partial charge in [0.15, 0.2) is 16.4 Å². The smallest absolute Gasteiger partial charge is 0.267 e. The van der Waals surface area contributed by atoms with Crippen LogP contribution in [0.5, 0.6) is 5.88 Å². The molecule has 0 spiro atoms. The third-order valence-corrected chi connectivity index (χ3v) is 7.14. The molecule has 1 aliphatic rings. The van der Waals surface area contributed by atoms with Crippen LogP contribution in [0.25, 0.3) is 22.2 Å². The van der Waals surface area contributed by atoms with Crippen LogP contribution in [0, 0.1) is 5.82 Å². The van der Waals surface area contributed by atoms with Gasteiger partial charge < -0.3 is 20.1 Å². The second-order valence-electron chi connectivity index (χ2n) is 8.05. The van der Waals surface area contributed by atoms with E-state index in [1.807, 2.05) is 0 Å². The van der Waals surface area contributed by atoms with Crippen molar-refractivity contribution in [1.82, 2.24) is 19.9 Å². The van der Waals surface area contributed by atoms with Crippen molar-refractivity contribution in [3.8, 4) is 17.0 Å². The van der Waals surface area contributed by atoms with Crippen LogP contribution in [0.15, 0.2) is 47.6 Å². The molecule has 1 aliphatic heterocycles. The first-order chi connectivity index (χ1) is 17.8. The Kier molecular flexibility index (Phi) is 6.67. The Hall–Kier alpha value is -3.81. The van der Waals surface area contributed by atoms with Crippen molar-refractivity contribution in [1.29, 1.82) is 0 Å². The summed E-state index contributed by atoms with van der Waals surface area (Å²) in [7, 11) is -1.38. The summed E-state index contributed by atoms with van der Waals surface area (Å²) in [5.41, 5.74) is 0.639. The van der Waals surface area contributed by atoms with Gasteiger partial charge in [-0.3, -0.25) is 4.72 Å². The molecule has 0 bridgehead atoms. The SMILES string of the molecule is CNc1nc2nc(NC3COC3)ncc2cc1-c1cccc(NS(=O)(=O)c2cc(Cl)cnc2OC)c1F. The third-order valence-electron chi connectivity index (χ3n) is 5.58. The maximum absolute atomic E-state index is 15.7. The lowest BCUT2D eigenvalue weighted by molar-refractivity contribution is 0.0208. The minimum absolute atomic E-state index is 0.0814. The zero-order valence-electron chi connectivity index (χ0n) is 19.6. The highest BCUT2D eigenvalue weighted by molar-refractivity contribution is 7.92. The predicted octanol–water partition coefficient (Wildman–Crippen LogP) is 3.54. The molecular weight excluding hydrogens is 525 g/mol. The summed E-state index contributed by atoms with van der Waals surface area (Å²) in [6.07, 6.45) is 2.83. The van der Waals surface area contributed by atoms with Gasteiger partial charge in [-0.05, 0) is 18.2 Å². The van der Waals surface area contributed by atoms with Gasteiger partial charge >= 0.3 is 0 Å². The predicted molar refractivity (Wildman–Crippen MR) is 137 cm³/mol. The standard InChI is InChI=1S/C23H21ClFN7O4S/c1-26-21-16(6-12-8-28-23(31-20(12)30-21)29-14-10-36-11-14)15-4-3-5-17(19(15)25)32-37(33,34)18-7-13(24)9-27-22(18)35-2/h3-9,14,32H,10-11H2,1-2H3,(H2,26,28,29,30,31). The number of fused-ring (bicyclic) bond motifs is 1. The van der Waals surface area contributed by atoms with Crippen molar-refractivity contribution in [2.75, 3.05) is 42.7 Å². The van der Waals surface area contributed by atoms with E-state index in [4.69, 9.17) is 21.1 Å². The summed E-state index contributed by atoms with van der Waals surface area (Å²) in [6.45, 7) is 1.16. The Morgan fingerprint density at radius 2 is 1.95 bits per heavy atom. The molecule has 3 N–H and O–H groups in total. The molecule has 3 aromatic heterocycles. The van der Waals surface area contributed by atoms with Crippen LogP contribution in [0.1, 0.15) is 0 Å². The van der Waals surface area contributed by atoms with E-state index in [2.05, 4.69) is 35.3 Å². The number of sulfonamides is 1. The lowest BCUT2D eigenvalue weighted by atomic mass is 10.0. The summed E-state index contributed by atoms with van der Waals surface area (Å²) < 4.78 is 54.3. The first-order valence-corrected chi connectivity index (χ1v) is 12.9. The summed E-state index contributed by atoms with van der Waals surface area (Å²) in [5, 5.41) is 6.77. The van der Waals surface area contributed by atoms with E-state index in [9.17, 15) is 8.42 Å². The second-order valence-corrected chi connectivity index (χ2v) is 10.1. The molecule has 1 fully saturated rings. The summed E-state index contributed by atoms with van der Waals surface area (Å²) in [5.74, 6) is -0.217. The van der Waals surface area contributed by atoms with E-state index in [-0.39, 0.29) is 33.1 Å². The van der Waals surface area contributed by atoms with Crippen molar-refractivity contribution < 1.29 is 22.3 Å². The molecule has 11 nitrogen and oxygen atoms in total. The zero-order valence-corrected chi connectivity index (χ0v) is 21.2. The molecular formula is C23H21ClFN7O4S. The van der Waals surface area contributed by atoms with Crippen LogP contribution in [-0.2, 0) is 14.8 Å². The quantitative estimate of drug-likeness (QED) is 0.301. The van der Waals surface area contributed by atoms with E-state index in [1.165, 1.54) is 37.6 Å². The van der Waals surface area contributed by atoms with Crippen molar-refractivity contribution in [3.05, 3.63) is 53.6 Å². The Balaban J connectivity index is 1.52. The number of hydrogen-bond donors (Lipinski definition) is 3. The topological polar surface area (TPSA) is 140 Å². The van der Waals surface area contributed by atoms with E-state index in [0.29, 0.717) is 41.6 Å². The van der Waals surface area contributed by atoms with Crippen LogP contribution in [0.2, 0.25) is 5.02 Å². The number of nitrogens with one attached hydrogen (secondary N) is 3. The summed E-state index contributed by atoms with van der Waals surface area (Å²) in [6, 6.07) is 7.35. The van der Waals surface area contributed by atoms with Crippen LogP contribution >= 0.6 is 11.6 Å². The minimum atomic E-state index is -4.29. The third kappa shape index (κ3) is 4.92. The maximum Gasteiger partial charge on any atom is 0.267 e. The summed E-state index contributed by atoms with van der Waals surface area (Å²) >= 11 is 5.93. The number of benzene rings is 1. The monoisotopic (exact) mass is 545 g/mol. The normalized spacial score (nSPS) is 13.7. The number of methoxy groups -OCH3 is 1. The fourth-order valence-corrected chi connectivity index (χ4v) is 5.13. The van der Waals surface area contributed by atoms with E-state index in [1.54, 1.807) is 19.3 Å². The molecule has 5 rings (SSSR count). The van der Waals surface area contributed by atoms with E-state index >= 15 is 4.39 Å². The number of ether oxygens (including phenoxy) is 2. The van der Waals surface area contributed by atoms with E-state index in [0.717, 1.165) is 0 Å². The van der Waals surface area contributed by atoms with Gasteiger partial charge in [0.1, 0.15) is 5.82 Å². The largest absolute Gasteiger partial charge is 0.480 e. The molecule has 0 radical (unpaired) electrons. The molecule has 0 aliphatic carbocycles. The first-order valence-electron chi connectivity index (χ1n) is 11.0. The molecule has 4 aromatic rings. The highest BCUT2D eigenvalue weighted by atomic mass is 35.5. The number of pyridine rings is 2. The first kappa shape index (κ1) is 24.9. The highest BCUT2D eigenvalue weighted by Gasteiger charge is 2.25. The van der Waals surface area contributed by atoms with Crippen molar-refractivity contribution in [3.63, 3.8) is 0 Å². The van der Waals surface area contributed by atoms with Gasteiger partial charge in [-0.25, -0.2) is 27.8 Å². The molecule has 192 valence electrons. The molecule has 0 saturated carbocycles. The van der Waals surface area contributed by atoms with Crippen molar-refractivity contribution in [2.24, 2.45) is 0 Å². The van der Waals surface area contributed by atoms with E-state index < -0.39 is 15.8 Å². The van der Waals surface area contributed by atoms with Crippen LogP contribution in [-0.4, -0.2) is 61.8 Å². The Morgan fingerprint density at radius 3 is 2.65 bits per heavy atom. The van der Waals surface area contributed by atoms with Gasteiger partial charge in [0.25, 0.3) is 10.0 Å². The summed E-state index contributed by atoms with van der Waals surface area (Å²) in [4.78, 5) is 16.8. The molecule has 0 atom stereocenters. The van der Waals surface area contributed by atoms with Gasteiger partial charge in [0, 0.05) is 36.0 Å². The van der Waals surface area contributed by atoms with Gasteiger partial charge in [-0.15, -0.1) is 0 Å². The lowest BCUT2D eigenvalue weighted by Gasteiger charge is -2.26. The van der Waals surface area contributed by atoms with Gasteiger partial charge in [0.2, 0.25) is 11.8 Å². The Morgan fingerprint density at radius 1 is 1.14 bits per heavy atom. The highest BCUT2D eigenvalue weighted by Crippen LogP contribution is 2.35. The number of aromatic nitrogens is 4. The molecule has 4 heterocycles. The Bertz CT molecular complexity index is 1600. The minimum Gasteiger partial charge on any atom is -0.480 e. The van der Waals surface area contributed by atoms with Gasteiger partial charge in [-0.2, -0.15) is 4.98 Å². The number of nitrogens with zero attached hydrogens (tertiary/aromatic N) is 4. The van der Waals surface area contributed by atoms with Crippen LogP contribution in [0.3, 0.4) is 0 Å². The molecule has 37 heavy (non-hydrogen) atoms. The van der Waals surface area contributed by atoms with Crippen LogP contribution < -0.4 is 20.1 Å². The van der Waals surface area contributed by atoms with Gasteiger partial charge in [-0.1, -0.05) is 23.7 Å². The van der Waals surface area contributed by atoms with Gasteiger partial charge in [0.05, 0.1) is 37.1 Å². The number of rotatable bonds is 8. The Labute approximate surface area is 216 Å². The average Bonchev–Trinajstić information content (AvgIpc) is 2.86. The molecule has 1 saturated heterocycles.